The molecule has 1 heterocycles. The molecule has 2 aromatic rings. The molecule has 0 atom stereocenters. The number of carbonyl (C=O) groups is 2. The second-order valence-corrected chi connectivity index (χ2v) is 5.15. The number of rotatable bonds is 6. The fraction of sp³-hybridized carbons (Fsp3) is 0.235. The highest BCUT2D eigenvalue weighted by Crippen LogP contribution is 2.21. The molecule has 0 unspecified atom stereocenters. The molecular formula is C17H17ClN2O3. The Kier molecular flexibility index (Phi) is 6.11. The van der Waals surface area contributed by atoms with Gasteiger partial charge in [0.2, 0.25) is 0 Å². The van der Waals surface area contributed by atoms with Crippen LogP contribution in [0.15, 0.2) is 42.6 Å². The number of nitrogens with one attached hydrogen (secondary N) is 1. The average Bonchev–Trinajstić information content (AvgIpc) is 2.54. The molecule has 0 aliphatic heterocycles. The lowest BCUT2D eigenvalue weighted by Crippen LogP contribution is -2.17. The Morgan fingerprint density at radius 3 is 2.65 bits per heavy atom. The summed E-state index contributed by atoms with van der Waals surface area (Å²) in [6.07, 6.45) is 1.91. The van der Waals surface area contributed by atoms with Crippen molar-refractivity contribution in [3.05, 3.63) is 58.9 Å². The van der Waals surface area contributed by atoms with Crippen LogP contribution >= 0.6 is 11.6 Å². The van der Waals surface area contributed by atoms with Crippen LogP contribution < -0.4 is 5.32 Å². The van der Waals surface area contributed by atoms with Gasteiger partial charge in [-0.3, -0.25) is 14.6 Å². The van der Waals surface area contributed by atoms with E-state index in [1.807, 2.05) is 18.2 Å². The Balaban J connectivity index is 2.16. The lowest BCUT2D eigenvalue weighted by Gasteiger charge is -2.11. The third-order valence-corrected chi connectivity index (χ3v) is 3.48. The number of carbonyl (C=O) groups excluding carboxylic acids is 2. The van der Waals surface area contributed by atoms with Crippen LogP contribution in [0.25, 0.3) is 0 Å². The van der Waals surface area contributed by atoms with E-state index in [1.165, 1.54) is 6.20 Å². The maximum Gasteiger partial charge on any atom is 0.306 e. The zero-order chi connectivity index (χ0) is 16.7. The van der Waals surface area contributed by atoms with Crippen LogP contribution in [0.4, 0.5) is 5.69 Å². The third-order valence-electron chi connectivity index (χ3n) is 3.13. The van der Waals surface area contributed by atoms with E-state index in [0.717, 1.165) is 0 Å². The van der Waals surface area contributed by atoms with Crippen LogP contribution in [0.1, 0.15) is 29.4 Å². The summed E-state index contributed by atoms with van der Waals surface area (Å²) in [4.78, 5) is 28.0. The molecule has 0 saturated heterocycles. The molecule has 0 aliphatic carbocycles. The number of pyridine rings is 1. The Morgan fingerprint density at radius 1 is 1.22 bits per heavy atom. The summed E-state index contributed by atoms with van der Waals surface area (Å²) < 4.78 is 4.90. The van der Waals surface area contributed by atoms with Crippen molar-refractivity contribution in [3.8, 4) is 0 Å². The third kappa shape index (κ3) is 4.79. The Labute approximate surface area is 139 Å². The minimum absolute atomic E-state index is 0.144. The van der Waals surface area contributed by atoms with Gasteiger partial charge < -0.3 is 10.1 Å². The molecule has 2 rings (SSSR count). The first-order chi connectivity index (χ1) is 11.1. The lowest BCUT2D eigenvalue weighted by molar-refractivity contribution is -0.143. The molecule has 5 nitrogen and oxygen atoms in total. The molecule has 6 heteroatoms. The standard InChI is InChI=1S/C17H17ClN2O3/c1-2-23-15(21)9-8-13-14(18)10-11-19-16(13)17(22)20-12-6-4-3-5-7-12/h3-7,10-11H,2,8-9H2,1H3,(H,20,22). The monoisotopic (exact) mass is 332 g/mol. The van der Waals surface area contributed by atoms with Crippen molar-refractivity contribution >= 4 is 29.2 Å². The summed E-state index contributed by atoms with van der Waals surface area (Å²) in [6, 6.07) is 10.7. The SMILES string of the molecule is CCOC(=O)CCc1c(Cl)ccnc1C(=O)Nc1ccccc1. The van der Waals surface area contributed by atoms with Crippen molar-refractivity contribution < 1.29 is 14.3 Å². The van der Waals surface area contributed by atoms with Gasteiger partial charge in [0.05, 0.1) is 6.61 Å². The van der Waals surface area contributed by atoms with E-state index < -0.39 is 0 Å². The van der Waals surface area contributed by atoms with Gasteiger partial charge in [-0.15, -0.1) is 0 Å². The minimum Gasteiger partial charge on any atom is -0.466 e. The number of benzene rings is 1. The minimum atomic E-state index is -0.363. The number of anilines is 1. The fourth-order valence-electron chi connectivity index (χ4n) is 2.07. The van der Waals surface area contributed by atoms with E-state index >= 15 is 0 Å². The summed E-state index contributed by atoms with van der Waals surface area (Å²) in [5, 5.41) is 3.17. The quantitative estimate of drug-likeness (QED) is 0.822. The highest BCUT2D eigenvalue weighted by atomic mass is 35.5. The van der Waals surface area contributed by atoms with E-state index in [2.05, 4.69) is 10.3 Å². The molecule has 0 aliphatic rings. The molecule has 120 valence electrons. The Morgan fingerprint density at radius 2 is 1.96 bits per heavy atom. The molecule has 0 bridgehead atoms. The van der Waals surface area contributed by atoms with E-state index in [1.54, 1.807) is 25.1 Å². The molecule has 0 saturated carbocycles. The number of hydrogen-bond acceptors (Lipinski definition) is 4. The van der Waals surface area contributed by atoms with Crippen LogP contribution in [0.2, 0.25) is 5.02 Å². The maximum absolute atomic E-state index is 12.4. The van der Waals surface area contributed by atoms with Crippen molar-refractivity contribution in [2.75, 3.05) is 11.9 Å². The second-order valence-electron chi connectivity index (χ2n) is 4.75. The van der Waals surface area contributed by atoms with Crippen LogP contribution in [-0.2, 0) is 16.0 Å². The van der Waals surface area contributed by atoms with Crippen LogP contribution in [-0.4, -0.2) is 23.5 Å². The normalized spacial score (nSPS) is 10.2. The zero-order valence-corrected chi connectivity index (χ0v) is 13.5. The number of hydrogen-bond donors (Lipinski definition) is 1. The molecular weight excluding hydrogens is 316 g/mol. The summed E-state index contributed by atoms with van der Waals surface area (Å²) >= 11 is 6.16. The second kappa shape index (κ2) is 8.29. The van der Waals surface area contributed by atoms with Gasteiger partial charge in [-0.25, -0.2) is 0 Å². The molecule has 23 heavy (non-hydrogen) atoms. The van der Waals surface area contributed by atoms with Gasteiger partial charge in [0.1, 0.15) is 5.69 Å². The number of halogens is 1. The number of esters is 1. The van der Waals surface area contributed by atoms with Gasteiger partial charge in [0.25, 0.3) is 5.91 Å². The summed E-state index contributed by atoms with van der Waals surface area (Å²) in [5.74, 6) is -0.695. The summed E-state index contributed by atoms with van der Waals surface area (Å²) in [7, 11) is 0. The average molecular weight is 333 g/mol. The number of amides is 1. The van der Waals surface area contributed by atoms with Crippen LogP contribution in [0.3, 0.4) is 0 Å². The van der Waals surface area contributed by atoms with Crippen molar-refractivity contribution in [1.29, 1.82) is 0 Å². The highest BCUT2D eigenvalue weighted by Gasteiger charge is 2.17. The number of nitrogens with zero attached hydrogens (tertiary/aromatic N) is 1. The van der Waals surface area contributed by atoms with Crippen molar-refractivity contribution in [1.82, 2.24) is 4.98 Å². The van der Waals surface area contributed by atoms with Gasteiger partial charge in [-0.1, -0.05) is 29.8 Å². The lowest BCUT2D eigenvalue weighted by atomic mass is 10.1. The topological polar surface area (TPSA) is 68.3 Å². The predicted molar refractivity (Wildman–Crippen MR) is 88.6 cm³/mol. The molecule has 1 amide bonds. The van der Waals surface area contributed by atoms with Crippen molar-refractivity contribution in [2.45, 2.75) is 19.8 Å². The zero-order valence-electron chi connectivity index (χ0n) is 12.7. The molecule has 0 radical (unpaired) electrons. The van der Waals surface area contributed by atoms with Crippen LogP contribution in [0.5, 0.6) is 0 Å². The van der Waals surface area contributed by atoms with Gasteiger partial charge in [-0.05, 0) is 31.5 Å². The number of aromatic nitrogens is 1. The number of ether oxygens (including phenoxy) is 1. The first-order valence-corrected chi connectivity index (χ1v) is 7.65. The van der Waals surface area contributed by atoms with Gasteiger partial charge in [0, 0.05) is 28.9 Å². The van der Waals surface area contributed by atoms with Gasteiger partial charge in [0.15, 0.2) is 0 Å². The van der Waals surface area contributed by atoms with Gasteiger partial charge >= 0.3 is 5.97 Å². The summed E-state index contributed by atoms with van der Waals surface area (Å²) in [6.45, 7) is 2.06. The highest BCUT2D eigenvalue weighted by molar-refractivity contribution is 6.32. The summed E-state index contributed by atoms with van der Waals surface area (Å²) in [5.41, 5.74) is 1.41. The van der Waals surface area contributed by atoms with E-state index in [9.17, 15) is 9.59 Å². The smallest absolute Gasteiger partial charge is 0.306 e. The fourth-order valence-corrected chi connectivity index (χ4v) is 2.31. The van der Waals surface area contributed by atoms with Crippen molar-refractivity contribution in [2.24, 2.45) is 0 Å². The van der Waals surface area contributed by atoms with E-state index in [4.69, 9.17) is 16.3 Å². The molecule has 0 fully saturated rings. The van der Waals surface area contributed by atoms with E-state index in [0.29, 0.717) is 29.3 Å². The largest absolute Gasteiger partial charge is 0.466 e. The molecule has 1 N–H and O–H groups in total. The predicted octanol–water partition coefficient (Wildman–Crippen LogP) is 3.48. The maximum atomic E-state index is 12.4. The first kappa shape index (κ1) is 17.0. The molecule has 0 spiro atoms. The van der Waals surface area contributed by atoms with Crippen molar-refractivity contribution in [3.63, 3.8) is 0 Å². The Bertz CT molecular complexity index is 689. The van der Waals surface area contributed by atoms with Gasteiger partial charge in [-0.2, -0.15) is 0 Å². The first-order valence-electron chi connectivity index (χ1n) is 7.27. The molecule has 1 aromatic heterocycles. The number of para-hydroxylation sites is 1. The van der Waals surface area contributed by atoms with E-state index in [-0.39, 0.29) is 24.0 Å². The van der Waals surface area contributed by atoms with Crippen LogP contribution in [0, 0.1) is 0 Å². The molecule has 1 aromatic carbocycles. The Hall–Kier alpha value is -2.40.